The minimum atomic E-state index is -0.327. The minimum Gasteiger partial charge on any atom is -0.493 e. The molecule has 0 amide bonds. The Morgan fingerprint density at radius 1 is 1.21 bits per heavy atom. The quantitative estimate of drug-likeness (QED) is 0.596. The number of fused-ring (bicyclic) bond motifs is 1. The Labute approximate surface area is 142 Å². The number of epoxide rings is 1. The Morgan fingerprint density at radius 2 is 2.04 bits per heavy atom. The molecule has 2 saturated carbocycles. The van der Waals surface area contributed by atoms with Crippen LogP contribution in [-0.2, 0) is 19.0 Å². The van der Waals surface area contributed by atoms with Crippen LogP contribution in [-0.4, -0.2) is 42.6 Å². The van der Waals surface area contributed by atoms with Gasteiger partial charge in [-0.15, -0.1) is 0 Å². The van der Waals surface area contributed by atoms with E-state index in [4.69, 9.17) is 14.2 Å². The summed E-state index contributed by atoms with van der Waals surface area (Å²) in [5.74, 6) is 1.22. The summed E-state index contributed by atoms with van der Waals surface area (Å²) in [6.07, 6.45) is 7.46. The van der Waals surface area contributed by atoms with Crippen molar-refractivity contribution in [3.05, 3.63) is 24.0 Å². The molecule has 3 aliphatic carbocycles. The van der Waals surface area contributed by atoms with Crippen molar-refractivity contribution in [3.63, 3.8) is 0 Å². The zero-order valence-corrected chi connectivity index (χ0v) is 14.0. The van der Waals surface area contributed by atoms with Crippen molar-refractivity contribution in [2.45, 2.75) is 56.8 Å². The van der Waals surface area contributed by atoms with Crippen LogP contribution in [0.1, 0.15) is 38.5 Å². The number of hydrogen-bond acceptors (Lipinski definition) is 5. The van der Waals surface area contributed by atoms with Crippen LogP contribution < -0.4 is 0 Å². The van der Waals surface area contributed by atoms with Gasteiger partial charge >= 0.3 is 5.97 Å². The highest BCUT2D eigenvalue weighted by atomic mass is 16.6. The molecule has 5 nitrogen and oxygen atoms in total. The van der Waals surface area contributed by atoms with Crippen molar-refractivity contribution in [1.29, 1.82) is 0 Å². The predicted molar refractivity (Wildman–Crippen MR) is 87.0 cm³/mol. The van der Waals surface area contributed by atoms with Crippen molar-refractivity contribution in [2.75, 3.05) is 13.2 Å². The van der Waals surface area contributed by atoms with Crippen molar-refractivity contribution in [3.8, 4) is 0 Å². The lowest BCUT2D eigenvalue weighted by atomic mass is 9.80. The highest BCUT2D eigenvalue weighted by molar-refractivity contribution is 5.72. The van der Waals surface area contributed by atoms with Crippen LogP contribution in [0.3, 0.4) is 0 Å². The van der Waals surface area contributed by atoms with Crippen molar-refractivity contribution in [1.82, 2.24) is 0 Å². The van der Waals surface area contributed by atoms with Gasteiger partial charge in [-0.3, -0.25) is 4.79 Å². The van der Waals surface area contributed by atoms with Gasteiger partial charge in [-0.05, 0) is 50.5 Å². The Bertz CT molecular complexity index is 554. The molecule has 6 atom stereocenters. The third-order valence-electron chi connectivity index (χ3n) is 5.84. The molecule has 0 spiro atoms. The van der Waals surface area contributed by atoms with Crippen molar-refractivity contribution in [2.24, 2.45) is 17.8 Å². The van der Waals surface area contributed by atoms with Gasteiger partial charge in [0.25, 0.3) is 0 Å². The number of allylic oxidation sites excluding steroid dienone is 2. The smallest absolute Gasteiger partial charge is 0.309 e. The molecule has 132 valence electrons. The molecule has 4 rings (SSSR count). The molecule has 0 aromatic heterocycles. The molecule has 1 heterocycles. The Balaban J connectivity index is 1.20. The van der Waals surface area contributed by atoms with E-state index in [0.29, 0.717) is 31.3 Å². The Kier molecular flexibility index (Phi) is 4.39. The van der Waals surface area contributed by atoms with Gasteiger partial charge in [-0.2, -0.15) is 0 Å². The monoisotopic (exact) mass is 334 g/mol. The maximum absolute atomic E-state index is 12.2. The number of ether oxygens (including phenoxy) is 3. The number of carbonyl (C=O) groups excluding carboxylic acids is 1. The number of carbonyl (C=O) groups is 1. The Hall–Kier alpha value is -1.33. The summed E-state index contributed by atoms with van der Waals surface area (Å²) in [5, 5.41) is 10.2. The normalized spacial score (nSPS) is 40.4. The summed E-state index contributed by atoms with van der Waals surface area (Å²) < 4.78 is 16.7. The van der Waals surface area contributed by atoms with Crippen LogP contribution in [0, 0.1) is 17.8 Å². The first-order chi connectivity index (χ1) is 11.6. The first kappa shape index (κ1) is 16.2. The van der Waals surface area contributed by atoms with E-state index >= 15 is 0 Å². The summed E-state index contributed by atoms with van der Waals surface area (Å²) in [7, 11) is 0. The maximum Gasteiger partial charge on any atom is 0.309 e. The first-order valence-corrected chi connectivity index (χ1v) is 9.14. The largest absolute Gasteiger partial charge is 0.493 e. The zero-order valence-electron chi connectivity index (χ0n) is 14.0. The molecular weight excluding hydrogens is 308 g/mol. The lowest BCUT2D eigenvalue weighted by Crippen LogP contribution is -2.34. The molecule has 0 aromatic rings. The molecule has 6 unspecified atom stereocenters. The van der Waals surface area contributed by atoms with Crippen LogP contribution in [0.2, 0.25) is 0 Å². The van der Waals surface area contributed by atoms with Crippen LogP contribution in [0.25, 0.3) is 0 Å². The first-order valence-electron chi connectivity index (χ1n) is 9.14. The molecule has 0 bridgehead atoms. The van der Waals surface area contributed by atoms with E-state index < -0.39 is 0 Å². The average Bonchev–Trinajstić information content (AvgIpc) is 3.48. The fourth-order valence-electron chi connectivity index (χ4n) is 4.07. The van der Waals surface area contributed by atoms with E-state index in [1.165, 1.54) is 0 Å². The van der Waals surface area contributed by atoms with Gasteiger partial charge in [0, 0.05) is 11.5 Å². The van der Waals surface area contributed by atoms with Gasteiger partial charge in [0.1, 0.15) is 5.76 Å². The zero-order chi connectivity index (χ0) is 16.7. The second kappa shape index (κ2) is 6.52. The highest BCUT2D eigenvalue weighted by Crippen LogP contribution is 2.40. The fraction of sp³-hybridized carbons (Fsp3) is 0.737. The Morgan fingerprint density at radius 3 is 2.79 bits per heavy atom. The van der Waals surface area contributed by atoms with Crippen molar-refractivity contribution < 1.29 is 24.1 Å². The number of aliphatic hydroxyl groups is 1. The number of esters is 1. The van der Waals surface area contributed by atoms with E-state index in [0.717, 1.165) is 49.9 Å². The average molecular weight is 334 g/mol. The van der Waals surface area contributed by atoms with E-state index in [9.17, 15) is 9.90 Å². The SMILES string of the molecule is C=C1C=C1OCC1CC(COC(=O)C2CCC3OC3C2)CCC1O. The van der Waals surface area contributed by atoms with Gasteiger partial charge in [0.2, 0.25) is 0 Å². The number of aliphatic hydroxyl groups excluding tert-OH is 1. The summed E-state index contributed by atoms with van der Waals surface area (Å²) in [5.41, 5.74) is 0.945. The van der Waals surface area contributed by atoms with E-state index in [1.807, 2.05) is 6.08 Å². The molecule has 24 heavy (non-hydrogen) atoms. The molecule has 5 heteroatoms. The van der Waals surface area contributed by atoms with E-state index in [-0.39, 0.29) is 23.9 Å². The van der Waals surface area contributed by atoms with Crippen LogP contribution in [0.5, 0.6) is 0 Å². The summed E-state index contributed by atoms with van der Waals surface area (Å²) >= 11 is 0. The lowest BCUT2D eigenvalue weighted by Gasteiger charge is -2.33. The third kappa shape index (κ3) is 3.67. The molecule has 0 radical (unpaired) electrons. The molecule has 1 saturated heterocycles. The van der Waals surface area contributed by atoms with Crippen molar-refractivity contribution >= 4 is 5.97 Å². The molecular formula is C19H26O5. The molecule has 3 fully saturated rings. The van der Waals surface area contributed by atoms with E-state index in [1.54, 1.807) is 0 Å². The van der Waals surface area contributed by atoms with Gasteiger partial charge in [0.05, 0.1) is 37.4 Å². The summed E-state index contributed by atoms with van der Waals surface area (Å²) in [6, 6.07) is 0. The second-order valence-corrected chi connectivity index (χ2v) is 7.70. The van der Waals surface area contributed by atoms with Crippen LogP contribution >= 0.6 is 0 Å². The van der Waals surface area contributed by atoms with Gasteiger partial charge in [-0.1, -0.05) is 6.58 Å². The molecule has 4 aliphatic rings. The van der Waals surface area contributed by atoms with Gasteiger partial charge in [-0.25, -0.2) is 0 Å². The second-order valence-electron chi connectivity index (χ2n) is 7.70. The molecule has 0 aromatic carbocycles. The van der Waals surface area contributed by atoms with E-state index in [2.05, 4.69) is 6.58 Å². The highest BCUT2D eigenvalue weighted by Gasteiger charge is 2.46. The predicted octanol–water partition coefficient (Wildman–Crippen LogP) is 2.34. The topological polar surface area (TPSA) is 68.3 Å². The van der Waals surface area contributed by atoms with Gasteiger partial charge in [0.15, 0.2) is 0 Å². The van der Waals surface area contributed by atoms with Gasteiger partial charge < -0.3 is 19.3 Å². The molecule has 1 N–H and O–H groups in total. The standard InChI is InChI=1S/C19H26O5/c1-11-6-17(11)22-10-14-7-12(2-4-15(14)20)9-23-19(21)13-3-5-16-18(8-13)24-16/h6,12-16,18,20H,1-5,7-10H2. The summed E-state index contributed by atoms with van der Waals surface area (Å²) in [6.45, 7) is 4.78. The summed E-state index contributed by atoms with van der Waals surface area (Å²) in [4.78, 5) is 12.2. The number of hydrogen-bond donors (Lipinski definition) is 1. The van der Waals surface area contributed by atoms with Crippen LogP contribution in [0.15, 0.2) is 24.0 Å². The number of rotatable bonds is 6. The lowest BCUT2D eigenvalue weighted by molar-refractivity contribution is -0.151. The van der Waals surface area contributed by atoms with Crippen LogP contribution in [0.4, 0.5) is 0 Å². The molecule has 1 aliphatic heterocycles. The third-order valence-corrected chi connectivity index (χ3v) is 5.84. The maximum atomic E-state index is 12.2. The minimum absolute atomic E-state index is 0.00915. The fourth-order valence-corrected chi connectivity index (χ4v) is 4.07.